The van der Waals surface area contributed by atoms with Crippen LogP contribution >= 0.6 is 0 Å². The molecule has 4 rings (SSSR count). The van der Waals surface area contributed by atoms with Crippen LogP contribution in [0.3, 0.4) is 0 Å². The molecule has 1 fully saturated rings. The maximum absolute atomic E-state index is 13.1. The van der Waals surface area contributed by atoms with Gasteiger partial charge in [-0.15, -0.1) is 5.10 Å². The number of halogens is 6. The summed E-state index contributed by atoms with van der Waals surface area (Å²) in [7, 11) is 0. The van der Waals surface area contributed by atoms with Gasteiger partial charge >= 0.3 is 12.4 Å². The molecule has 0 aliphatic carbocycles. The third-order valence-electron chi connectivity index (χ3n) is 5.05. The van der Waals surface area contributed by atoms with Gasteiger partial charge in [0.05, 0.1) is 17.3 Å². The fourth-order valence-corrected chi connectivity index (χ4v) is 3.38. The SMILES string of the molecule is O=c1cc(/C=C/n2cnc(-c3cc(C(F)(F)F)cc(C(F)(F)F)c3)n2)cnn1C1CCCCO1. The summed E-state index contributed by atoms with van der Waals surface area (Å²) in [5, 5.41) is 8.02. The van der Waals surface area contributed by atoms with Crippen molar-refractivity contribution in [1.29, 1.82) is 0 Å². The lowest BCUT2D eigenvalue weighted by Crippen LogP contribution is -2.30. The molecule has 0 saturated carbocycles. The lowest BCUT2D eigenvalue weighted by Gasteiger charge is -2.23. The molecule has 3 heterocycles. The van der Waals surface area contributed by atoms with Crippen LogP contribution in [0, 0.1) is 0 Å². The summed E-state index contributed by atoms with van der Waals surface area (Å²) in [6.07, 6.45) is -2.53. The smallest absolute Gasteiger partial charge is 0.356 e. The minimum Gasteiger partial charge on any atom is -0.356 e. The average molecular weight is 485 g/mol. The molecule has 0 amide bonds. The van der Waals surface area contributed by atoms with Crippen molar-refractivity contribution < 1.29 is 31.1 Å². The van der Waals surface area contributed by atoms with E-state index in [1.165, 1.54) is 29.2 Å². The van der Waals surface area contributed by atoms with E-state index in [4.69, 9.17) is 4.74 Å². The van der Waals surface area contributed by atoms with Gasteiger partial charge in [-0.1, -0.05) is 0 Å². The Kier molecular flexibility index (Phi) is 6.30. The van der Waals surface area contributed by atoms with Gasteiger partial charge in [0.1, 0.15) is 6.33 Å². The highest BCUT2D eigenvalue weighted by atomic mass is 19.4. The van der Waals surface area contributed by atoms with Crippen molar-refractivity contribution in [2.45, 2.75) is 37.8 Å². The van der Waals surface area contributed by atoms with Crippen molar-refractivity contribution in [3.63, 3.8) is 0 Å². The highest BCUT2D eigenvalue weighted by Crippen LogP contribution is 2.38. The first-order valence-corrected chi connectivity index (χ1v) is 10.1. The van der Waals surface area contributed by atoms with Gasteiger partial charge in [-0.3, -0.25) is 4.79 Å². The van der Waals surface area contributed by atoms with E-state index in [9.17, 15) is 31.1 Å². The van der Waals surface area contributed by atoms with Crippen LogP contribution in [0.2, 0.25) is 0 Å². The van der Waals surface area contributed by atoms with Gasteiger partial charge in [0.15, 0.2) is 12.1 Å². The van der Waals surface area contributed by atoms with Crippen LogP contribution in [-0.4, -0.2) is 31.2 Å². The molecule has 180 valence electrons. The molecule has 0 radical (unpaired) electrons. The van der Waals surface area contributed by atoms with Crippen LogP contribution in [0.25, 0.3) is 23.7 Å². The highest BCUT2D eigenvalue weighted by molar-refractivity contribution is 5.61. The molecular weight excluding hydrogens is 468 g/mol. The fraction of sp³-hybridized carbons (Fsp3) is 0.333. The molecule has 0 N–H and O–H groups in total. The minimum absolute atomic E-state index is 0.0357. The molecule has 1 unspecified atom stereocenters. The van der Waals surface area contributed by atoms with Crippen molar-refractivity contribution >= 4 is 12.3 Å². The second-order valence-corrected chi connectivity index (χ2v) is 7.55. The van der Waals surface area contributed by atoms with E-state index >= 15 is 0 Å². The zero-order chi connectivity index (χ0) is 24.5. The second kappa shape index (κ2) is 9.05. The van der Waals surface area contributed by atoms with E-state index in [1.807, 2.05) is 0 Å². The van der Waals surface area contributed by atoms with Gasteiger partial charge in [-0.05, 0) is 43.5 Å². The van der Waals surface area contributed by atoms with E-state index < -0.39 is 35.3 Å². The predicted molar refractivity (Wildman–Crippen MR) is 108 cm³/mol. The van der Waals surface area contributed by atoms with Gasteiger partial charge < -0.3 is 4.74 Å². The predicted octanol–water partition coefficient (Wildman–Crippen LogP) is 4.87. The Morgan fingerprint density at radius 3 is 2.29 bits per heavy atom. The summed E-state index contributed by atoms with van der Waals surface area (Å²) in [6, 6.07) is 2.46. The number of benzene rings is 1. The van der Waals surface area contributed by atoms with E-state index in [0.29, 0.717) is 30.7 Å². The van der Waals surface area contributed by atoms with Crippen molar-refractivity contribution in [1.82, 2.24) is 24.5 Å². The first-order chi connectivity index (χ1) is 16.0. The number of ether oxygens (including phenoxy) is 1. The Labute approximate surface area is 188 Å². The first kappa shape index (κ1) is 23.7. The molecule has 1 aliphatic heterocycles. The van der Waals surface area contributed by atoms with Gasteiger partial charge in [0.25, 0.3) is 5.56 Å². The topological polar surface area (TPSA) is 74.8 Å². The van der Waals surface area contributed by atoms with E-state index in [2.05, 4.69) is 15.2 Å². The summed E-state index contributed by atoms with van der Waals surface area (Å²) in [5.74, 6) is -0.329. The molecule has 13 heteroatoms. The summed E-state index contributed by atoms with van der Waals surface area (Å²) in [6.45, 7) is 0.547. The van der Waals surface area contributed by atoms with Crippen LogP contribution in [0.4, 0.5) is 26.3 Å². The summed E-state index contributed by atoms with van der Waals surface area (Å²) in [5.41, 5.74) is -3.33. The highest BCUT2D eigenvalue weighted by Gasteiger charge is 2.37. The number of aromatic nitrogens is 5. The van der Waals surface area contributed by atoms with Gasteiger partial charge in [0.2, 0.25) is 0 Å². The third kappa shape index (κ3) is 5.35. The number of alkyl halides is 6. The van der Waals surface area contributed by atoms with Crippen molar-refractivity contribution in [3.05, 3.63) is 63.8 Å². The quantitative estimate of drug-likeness (QED) is 0.493. The van der Waals surface area contributed by atoms with Crippen molar-refractivity contribution in [2.24, 2.45) is 0 Å². The number of hydrogen-bond donors (Lipinski definition) is 0. The first-order valence-electron chi connectivity index (χ1n) is 10.1. The molecule has 2 aromatic heterocycles. The summed E-state index contributed by atoms with van der Waals surface area (Å²) >= 11 is 0. The van der Waals surface area contributed by atoms with Crippen LogP contribution in [-0.2, 0) is 17.1 Å². The molecule has 34 heavy (non-hydrogen) atoms. The molecule has 7 nitrogen and oxygen atoms in total. The molecule has 0 spiro atoms. The number of rotatable bonds is 4. The molecule has 1 aromatic carbocycles. The molecular formula is C21H17F6N5O2. The Morgan fingerprint density at radius 2 is 1.71 bits per heavy atom. The van der Waals surface area contributed by atoms with Crippen LogP contribution in [0.15, 0.2) is 41.6 Å². The summed E-state index contributed by atoms with van der Waals surface area (Å²) < 4.78 is 86.4. The van der Waals surface area contributed by atoms with E-state index in [0.717, 1.165) is 23.9 Å². The maximum atomic E-state index is 13.1. The molecule has 1 aliphatic rings. The number of nitrogens with zero attached hydrogens (tertiary/aromatic N) is 5. The summed E-state index contributed by atoms with van der Waals surface area (Å²) in [4.78, 5) is 16.1. The van der Waals surface area contributed by atoms with Crippen molar-refractivity contribution in [3.8, 4) is 11.4 Å². The zero-order valence-corrected chi connectivity index (χ0v) is 17.3. The third-order valence-corrected chi connectivity index (χ3v) is 5.05. The Bertz CT molecular complexity index is 1220. The largest absolute Gasteiger partial charge is 0.416 e. The number of hydrogen-bond acceptors (Lipinski definition) is 5. The fourth-order valence-electron chi connectivity index (χ4n) is 3.38. The van der Waals surface area contributed by atoms with Crippen LogP contribution in [0.5, 0.6) is 0 Å². The Hall–Kier alpha value is -3.48. The normalized spacial score (nSPS) is 17.4. The monoisotopic (exact) mass is 485 g/mol. The van der Waals surface area contributed by atoms with Crippen LogP contribution < -0.4 is 5.56 Å². The Morgan fingerprint density at radius 1 is 1.00 bits per heavy atom. The maximum Gasteiger partial charge on any atom is 0.416 e. The molecule has 1 saturated heterocycles. The standard InChI is InChI=1S/C21H17F6N5O2/c22-20(23,24)15-8-14(9-16(10-15)21(25,26)27)19-28-12-31(30-19)5-4-13-7-17(33)32(29-11-13)18-3-1-2-6-34-18/h4-5,7-12,18H,1-3,6H2/b5-4+. The van der Waals surface area contributed by atoms with Gasteiger partial charge in [0, 0.05) is 30.0 Å². The van der Waals surface area contributed by atoms with Crippen LogP contribution in [0.1, 0.15) is 42.2 Å². The van der Waals surface area contributed by atoms with E-state index in [1.54, 1.807) is 0 Å². The molecule has 0 bridgehead atoms. The Balaban J connectivity index is 1.57. The average Bonchev–Trinajstić information content (AvgIpc) is 3.26. The minimum atomic E-state index is -4.98. The van der Waals surface area contributed by atoms with Crippen molar-refractivity contribution in [2.75, 3.05) is 6.61 Å². The molecule has 3 aromatic rings. The molecule has 1 atom stereocenters. The van der Waals surface area contributed by atoms with E-state index in [-0.39, 0.29) is 17.5 Å². The van der Waals surface area contributed by atoms with Gasteiger partial charge in [-0.25, -0.2) is 14.3 Å². The second-order valence-electron chi connectivity index (χ2n) is 7.55. The lowest BCUT2D eigenvalue weighted by molar-refractivity contribution is -0.143. The van der Waals surface area contributed by atoms with Gasteiger partial charge in [-0.2, -0.15) is 31.4 Å². The zero-order valence-electron chi connectivity index (χ0n) is 17.3. The lowest BCUT2D eigenvalue weighted by atomic mass is 10.0.